The van der Waals surface area contributed by atoms with E-state index in [9.17, 15) is 4.79 Å². The van der Waals surface area contributed by atoms with E-state index in [1.807, 2.05) is 35.0 Å². The van der Waals surface area contributed by atoms with Gasteiger partial charge in [0.05, 0.1) is 12.6 Å². The highest BCUT2D eigenvalue weighted by atomic mass is 32.1. The van der Waals surface area contributed by atoms with Gasteiger partial charge in [0, 0.05) is 24.2 Å². The zero-order valence-electron chi connectivity index (χ0n) is 16.1. The van der Waals surface area contributed by atoms with E-state index >= 15 is 0 Å². The summed E-state index contributed by atoms with van der Waals surface area (Å²) in [5.41, 5.74) is 0.865. The molecule has 7 heteroatoms. The molecule has 0 radical (unpaired) electrons. The molecular weight excluding hydrogens is 370 g/mol. The molecule has 6 nitrogen and oxygen atoms in total. The fourth-order valence-electron chi connectivity index (χ4n) is 4.18. The summed E-state index contributed by atoms with van der Waals surface area (Å²) < 4.78 is 5.18. The second-order valence-corrected chi connectivity index (χ2v) is 8.79. The molecule has 0 spiro atoms. The van der Waals surface area contributed by atoms with Crippen molar-refractivity contribution >= 4 is 23.8 Å². The van der Waals surface area contributed by atoms with Crippen LogP contribution in [0.4, 0.5) is 5.69 Å². The Morgan fingerprint density at radius 1 is 1.14 bits per heavy atom. The Balaban J connectivity index is 1.26. The van der Waals surface area contributed by atoms with Crippen molar-refractivity contribution < 1.29 is 4.79 Å². The van der Waals surface area contributed by atoms with Gasteiger partial charge in [-0.1, -0.05) is 18.2 Å². The van der Waals surface area contributed by atoms with Crippen molar-refractivity contribution in [3.05, 3.63) is 40.9 Å². The van der Waals surface area contributed by atoms with Gasteiger partial charge in [0.1, 0.15) is 5.82 Å². The van der Waals surface area contributed by atoms with Gasteiger partial charge in [-0.15, -0.1) is 0 Å². The van der Waals surface area contributed by atoms with Crippen molar-refractivity contribution in [1.82, 2.24) is 19.2 Å². The second kappa shape index (κ2) is 7.44. The molecule has 1 aliphatic heterocycles. The van der Waals surface area contributed by atoms with Crippen molar-refractivity contribution in [3.63, 3.8) is 0 Å². The Bertz CT molecular complexity index is 913. The first kappa shape index (κ1) is 18.1. The molecule has 0 bridgehead atoms. The number of likely N-dealkylation sites (tertiary alicyclic amines) is 1. The maximum Gasteiger partial charge on any atom is 0.228 e. The van der Waals surface area contributed by atoms with E-state index in [-0.39, 0.29) is 11.8 Å². The summed E-state index contributed by atoms with van der Waals surface area (Å²) in [5, 5.41) is 7.95. The molecular formula is C21H27N5OS. The van der Waals surface area contributed by atoms with Crippen LogP contribution in [0.2, 0.25) is 0 Å². The molecule has 1 N–H and O–H groups in total. The van der Waals surface area contributed by atoms with Gasteiger partial charge in [-0.25, -0.2) is 4.68 Å². The number of para-hydroxylation sites is 1. The van der Waals surface area contributed by atoms with Crippen LogP contribution in [0.3, 0.4) is 0 Å². The molecule has 28 heavy (non-hydrogen) atoms. The number of rotatable bonds is 6. The fraction of sp³-hybridized carbons (Fsp3) is 0.571. The molecule has 3 aliphatic rings. The molecule has 2 aromatic rings. The van der Waals surface area contributed by atoms with E-state index < -0.39 is 0 Å². The molecule has 148 valence electrons. The first-order valence-electron chi connectivity index (χ1n) is 10.5. The standard InChI is InChI=1S/C21H27N5OS/c27-20(22-17-6-2-1-3-7-17)16-5-4-12-24(13-16)14-25-21(28)26(18-10-11-18)19(23-25)15-8-9-15/h1-3,6-7,15-16,18H,4-5,8-14H2,(H,22,27). The average molecular weight is 398 g/mol. The number of amides is 1. The quantitative estimate of drug-likeness (QED) is 0.751. The highest BCUT2D eigenvalue weighted by Crippen LogP contribution is 2.44. The number of carbonyl (C=O) groups is 1. The number of carbonyl (C=O) groups excluding carboxylic acids is 1. The van der Waals surface area contributed by atoms with Crippen LogP contribution < -0.4 is 5.32 Å². The van der Waals surface area contributed by atoms with Crippen molar-refractivity contribution in [2.45, 2.75) is 57.2 Å². The van der Waals surface area contributed by atoms with E-state index in [0.717, 1.165) is 36.4 Å². The molecule has 1 aromatic heterocycles. The Morgan fingerprint density at radius 2 is 1.93 bits per heavy atom. The van der Waals surface area contributed by atoms with E-state index in [1.165, 1.54) is 31.5 Å². The lowest BCUT2D eigenvalue weighted by molar-refractivity contribution is -0.121. The topological polar surface area (TPSA) is 55.1 Å². The molecule has 1 unspecified atom stereocenters. The molecule has 1 amide bonds. The minimum atomic E-state index is 0.0107. The molecule has 2 heterocycles. The molecule has 2 saturated carbocycles. The van der Waals surface area contributed by atoms with Crippen LogP contribution in [0, 0.1) is 10.7 Å². The minimum Gasteiger partial charge on any atom is -0.326 e. The lowest BCUT2D eigenvalue weighted by Gasteiger charge is -2.31. The highest BCUT2D eigenvalue weighted by molar-refractivity contribution is 7.71. The SMILES string of the molecule is O=C(Nc1ccccc1)C1CCCN(Cn2nc(C3CC3)n(C3CC3)c2=S)C1. The van der Waals surface area contributed by atoms with Crippen LogP contribution in [0.5, 0.6) is 0 Å². The van der Waals surface area contributed by atoms with Crippen LogP contribution in [0.25, 0.3) is 0 Å². The van der Waals surface area contributed by atoms with Gasteiger partial charge in [0.15, 0.2) is 4.77 Å². The second-order valence-electron chi connectivity index (χ2n) is 8.43. The Morgan fingerprint density at radius 3 is 2.64 bits per heavy atom. The summed E-state index contributed by atoms with van der Waals surface area (Å²) in [6.45, 7) is 2.44. The number of nitrogens with one attached hydrogen (secondary N) is 1. The monoisotopic (exact) mass is 397 g/mol. The summed E-state index contributed by atoms with van der Waals surface area (Å²) in [4.78, 5) is 15.0. The smallest absolute Gasteiger partial charge is 0.228 e. The van der Waals surface area contributed by atoms with E-state index in [2.05, 4.69) is 14.8 Å². The van der Waals surface area contributed by atoms with Crippen molar-refractivity contribution in [1.29, 1.82) is 0 Å². The number of anilines is 1. The van der Waals surface area contributed by atoms with E-state index in [1.54, 1.807) is 0 Å². The first-order valence-corrected chi connectivity index (χ1v) is 10.9. The molecule has 1 aromatic carbocycles. The van der Waals surface area contributed by atoms with E-state index in [0.29, 0.717) is 18.6 Å². The average Bonchev–Trinajstić information content (AvgIpc) is 3.62. The third kappa shape index (κ3) is 3.78. The summed E-state index contributed by atoms with van der Waals surface area (Å²) in [5.74, 6) is 1.93. The third-order valence-corrected chi connectivity index (χ3v) is 6.41. The van der Waals surface area contributed by atoms with Crippen molar-refractivity contribution in [2.24, 2.45) is 5.92 Å². The van der Waals surface area contributed by atoms with Gasteiger partial charge < -0.3 is 9.88 Å². The van der Waals surface area contributed by atoms with Gasteiger partial charge in [-0.2, -0.15) is 5.10 Å². The van der Waals surface area contributed by atoms with Crippen LogP contribution in [0.1, 0.15) is 56.3 Å². The lowest BCUT2D eigenvalue weighted by atomic mass is 9.97. The first-order chi connectivity index (χ1) is 13.7. The zero-order chi connectivity index (χ0) is 19.1. The van der Waals surface area contributed by atoms with Gasteiger partial charge in [0.25, 0.3) is 0 Å². The van der Waals surface area contributed by atoms with Gasteiger partial charge in [-0.3, -0.25) is 9.69 Å². The lowest BCUT2D eigenvalue weighted by Crippen LogP contribution is -2.41. The largest absolute Gasteiger partial charge is 0.326 e. The van der Waals surface area contributed by atoms with Crippen molar-refractivity contribution in [2.75, 3.05) is 18.4 Å². The Kier molecular flexibility index (Phi) is 4.80. The highest BCUT2D eigenvalue weighted by Gasteiger charge is 2.36. The fourth-order valence-corrected chi connectivity index (χ4v) is 4.52. The van der Waals surface area contributed by atoms with Gasteiger partial charge in [0.2, 0.25) is 5.91 Å². The maximum atomic E-state index is 12.7. The molecule has 5 rings (SSSR count). The number of benzene rings is 1. The Hall–Kier alpha value is -1.99. The molecule has 3 fully saturated rings. The predicted octanol–water partition coefficient (Wildman–Crippen LogP) is 3.93. The number of aromatic nitrogens is 3. The zero-order valence-corrected chi connectivity index (χ0v) is 16.9. The molecule has 1 atom stereocenters. The number of nitrogens with zero attached hydrogens (tertiary/aromatic N) is 4. The summed E-state index contributed by atoms with van der Waals surface area (Å²) in [7, 11) is 0. The Labute approximate surface area is 170 Å². The predicted molar refractivity (Wildman–Crippen MR) is 111 cm³/mol. The number of piperidine rings is 1. The normalized spacial score (nSPS) is 22.9. The summed E-state index contributed by atoms with van der Waals surface area (Å²) >= 11 is 5.77. The van der Waals surface area contributed by atoms with Crippen LogP contribution in [-0.4, -0.2) is 38.2 Å². The minimum absolute atomic E-state index is 0.0107. The van der Waals surface area contributed by atoms with Crippen LogP contribution in [-0.2, 0) is 11.5 Å². The van der Waals surface area contributed by atoms with E-state index in [4.69, 9.17) is 17.3 Å². The molecule has 2 aliphatic carbocycles. The van der Waals surface area contributed by atoms with Gasteiger partial charge >= 0.3 is 0 Å². The molecule has 1 saturated heterocycles. The summed E-state index contributed by atoms with van der Waals surface area (Å²) in [6.07, 6.45) is 6.90. The summed E-state index contributed by atoms with van der Waals surface area (Å²) in [6, 6.07) is 10.3. The third-order valence-electron chi connectivity index (χ3n) is 6.00. The van der Waals surface area contributed by atoms with Gasteiger partial charge in [-0.05, 0) is 69.4 Å². The number of hydrogen-bond acceptors (Lipinski definition) is 4. The maximum absolute atomic E-state index is 12.7. The van der Waals surface area contributed by atoms with Crippen molar-refractivity contribution in [3.8, 4) is 0 Å². The van der Waals surface area contributed by atoms with Crippen LogP contribution >= 0.6 is 12.2 Å². The number of hydrogen-bond donors (Lipinski definition) is 1. The van der Waals surface area contributed by atoms with Crippen LogP contribution in [0.15, 0.2) is 30.3 Å².